The molecule has 1 atom stereocenters. The molecule has 0 aromatic carbocycles. The van der Waals surface area contributed by atoms with Gasteiger partial charge in [-0.3, -0.25) is 9.59 Å². The van der Waals surface area contributed by atoms with Gasteiger partial charge in [-0.1, -0.05) is 0 Å². The summed E-state index contributed by atoms with van der Waals surface area (Å²) in [5.41, 5.74) is 1.43. The lowest BCUT2D eigenvalue weighted by Gasteiger charge is -2.20. The van der Waals surface area contributed by atoms with Gasteiger partial charge in [0.15, 0.2) is 5.78 Å². The van der Waals surface area contributed by atoms with Gasteiger partial charge >= 0.3 is 5.97 Å². The van der Waals surface area contributed by atoms with Gasteiger partial charge in [-0.15, -0.1) is 0 Å². The number of aliphatic hydroxyl groups is 1. The van der Waals surface area contributed by atoms with E-state index in [1.54, 1.807) is 0 Å². The van der Waals surface area contributed by atoms with Crippen LogP contribution < -0.4 is 0 Å². The minimum Gasteiger partial charge on any atom is -0.381 e. The lowest BCUT2D eigenvalue weighted by atomic mass is 10.0. The molecule has 0 saturated carbocycles. The molecule has 1 heterocycles. The first-order valence-electron chi connectivity index (χ1n) is 4.68. The van der Waals surface area contributed by atoms with E-state index in [2.05, 4.69) is 0 Å². The first kappa shape index (κ1) is 9.92. The highest BCUT2D eigenvalue weighted by Gasteiger charge is 2.30. The van der Waals surface area contributed by atoms with Crippen molar-refractivity contribution in [2.45, 2.75) is 19.4 Å². The Morgan fingerprint density at radius 3 is 3.07 bits per heavy atom. The average molecular weight is 209 g/mol. The van der Waals surface area contributed by atoms with Crippen molar-refractivity contribution in [3.63, 3.8) is 0 Å². The molecule has 1 fully saturated rings. The van der Waals surface area contributed by atoms with E-state index >= 15 is 0 Å². The van der Waals surface area contributed by atoms with Gasteiger partial charge < -0.3 is 9.94 Å². The summed E-state index contributed by atoms with van der Waals surface area (Å²) in [4.78, 5) is 26.9. The second-order valence-electron chi connectivity index (χ2n) is 3.50. The molecular formula is C10H11NO4. The fourth-order valence-electron chi connectivity index (χ4n) is 1.71. The number of carbonyl (C=O) groups is 2. The predicted octanol–water partition coefficient (Wildman–Crippen LogP) is -0.0759. The first-order chi connectivity index (χ1) is 7.08. The van der Waals surface area contributed by atoms with Crippen LogP contribution in [-0.2, 0) is 14.4 Å². The Bertz CT molecular complexity index is 383. The summed E-state index contributed by atoms with van der Waals surface area (Å²) >= 11 is 0. The minimum atomic E-state index is -1.13. The van der Waals surface area contributed by atoms with Crippen LogP contribution in [0.25, 0.3) is 0 Å². The van der Waals surface area contributed by atoms with Crippen molar-refractivity contribution in [2.24, 2.45) is 0 Å². The van der Waals surface area contributed by atoms with E-state index in [1.807, 2.05) is 0 Å². The number of rotatable bonds is 1. The van der Waals surface area contributed by atoms with Gasteiger partial charge in [0.2, 0.25) is 0 Å². The second-order valence-corrected chi connectivity index (χ2v) is 3.50. The van der Waals surface area contributed by atoms with Crippen LogP contribution in [0.15, 0.2) is 23.4 Å². The van der Waals surface area contributed by atoms with E-state index in [0.717, 1.165) is 5.57 Å². The topological polar surface area (TPSA) is 66.8 Å². The number of aliphatic hydroxyl groups excluding tert-OH is 1. The summed E-state index contributed by atoms with van der Waals surface area (Å²) in [5.74, 6) is -0.734. The van der Waals surface area contributed by atoms with Crippen molar-refractivity contribution < 1.29 is 19.5 Å². The van der Waals surface area contributed by atoms with Crippen LogP contribution in [0.1, 0.15) is 13.3 Å². The van der Waals surface area contributed by atoms with Gasteiger partial charge in [0.25, 0.3) is 0 Å². The number of hydroxylamine groups is 2. The molecule has 1 aliphatic heterocycles. The molecule has 1 N–H and O–H groups in total. The Labute approximate surface area is 86.6 Å². The molecule has 0 bridgehead atoms. The Balaban J connectivity index is 2.22. The number of allylic oxidation sites excluding steroid dienone is 1. The Morgan fingerprint density at radius 2 is 2.40 bits per heavy atom. The lowest BCUT2D eigenvalue weighted by molar-refractivity contribution is -0.175. The van der Waals surface area contributed by atoms with E-state index in [-0.39, 0.29) is 5.78 Å². The quantitative estimate of drug-likeness (QED) is 0.654. The molecule has 2 aliphatic rings. The number of carbonyl (C=O) groups excluding carboxylic acids is 2. The van der Waals surface area contributed by atoms with E-state index < -0.39 is 12.1 Å². The standard InChI is InChI=1S/C10H11NO4/c1-6(12)15-11-3-2-7-4-9(13)10(14)5-8(7)11/h4-5,10,14H,2-3H2,1H3. The predicted molar refractivity (Wildman–Crippen MR) is 50.3 cm³/mol. The third-order valence-corrected chi connectivity index (χ3v) is 2.34. The number of ketones is 1. The Kier molecular flexibility index (Phi) is 2.32. The van der Waals surface area contributed by atoms with Crippen molar-refractivity contribution in [3.05, 3.63) is 23.4 Å². The maximum absolute atomic E-state index is 11.2. The van der Waals surface area contributed by atoms with Crippen LogP contribution in [0, 0.1) is 0 Å². The zero-order valence-corrected chi connectivity index (χ0v) is 8.27. The third-order valence-electron chi connectivity index (χ3n) is 2.34. The zero-order chi connectivity index (χ0) is 11.0. The summed E-state index contributed by atoms with van der Waals surface area (Å²) in [6, 6.07) is 0. The van der Waals surface area contributed by atoms with Crippen LogP contribution in [0.5, 0.6) is 0 Å². The highest BCUT2D eigenvalue weighted by Crippen LogP contribution is 2.30. The lowest BCUT2D eigenvalue weighted by Crippen LogP contribution is -2.26. The van der Waals surface area contributed by atoms with Gasteiger partial charge in [-0.05, 0) is 24.1 Å². The van der Waals surface area contributed by atoms with Gasteiger partial charge in [-0.25, -0.2) is 5.06 Å². The van der Waals surface area contributed by atoms with Crippen molar-refractivity contribution in [2.75, 3.05) is 6.54 Å². The molecule has 0 aromatic heterocycles. The fraction of sp³-hybridized carbons (Fsp3) is 0.400. The van der Waals surface area contributed by atoms with Crippen LogP contribution in [0.2, 0.25) is 0 Å². The Morgan fingerprint density at radius 1 is 1.67 bits per heavy atom. The summed E-state index contributed by atoms with van der Waals surface area (Å²) < 4.78 is 0. The van der Waals surface area contributed by atoms with Gasteiger partial charge in [0.05, 0.1) is 12.2 Å². The summed E-state index contributed by atoms with van der Waals surface area (Å²) in [7, 11) is 0. The monoisotopic (exact) mass is 209 g/mol. The largest absolute Gasteiger partial charge is 0.381 e. The molecule has 0 spiro atoms. The highest BCUT2D eigenvalue weighted by molar-refractivity contribution is 5.97. The van der Waals surface area contributed by atoms with E-state index in [9.17, 15) is 14.7 Å². The van der Waals surface area contributed by atoms with E-state index in [0.29, 0.717) is 18.7 Å². The molecular weight excluding hydrogens is 198 g/mol. The normalized spacial score (nSPS) is 24.5. The first-order valence-corrected chi connectivity index (χ1v) is 4.68. The maximum atomic E-state index is 11.2. The molecule has 1 saturated heterocycles. The van der Waals surface area contributed by atoms with Gasteiger partial charge in [-0.2, -0.15) is 0 Å². The van der Waals surface area contributed by atoms with Crippen LogP contribution in [0.4, 0.5) is 0 Å². The molecule has 80 valence electrons. The fourth-order valence-corrected chi connectivity index (χ4v) is 1.71. The smallest absolute Gasteiger partial charge is 0.329 e. The maximum Gasteiger partial charge on any atom is 0.329 e. The molecule has 0 amide bonds. The van der Waals surface area contributed by atoms with Crippen molar-refractivity contribution in [3.8, 4) is 0 Å². The molecule has 1 aliphatic carbocycles. The van der Waals surface area contributed by atoms with Gasteiger partial charge in [0.1, 0.15) is 6.10 Å². The summed E-state index contributed by atoms with van der Waals surface area (Å²) in [5, 5.41) is 10.7. The molecule has 0 radical (unpaired) electrons. The second kappa shape index (κ2) is 3.51. The van der Waals surface area contributed by atoms with Gasteiger partial charge in [0, 0.05) is 6.92 Å². The molecule has 2 rings (SSSR count). The van der Waals surface area contributed by atoms with Crippen LogP contribution in [-0.4, -0.2) is 34.6 Å². The molecule has 0 aromatic rings. The van der Waals surface area contributed by atoms with E-state index in [4.69, 9.17) is 4.84 Å². The molecule has 15 heavy (non-hydrogen) atoms. The number of nitrogens with zero attached hydrogens (tertiary/aromatic N) is 1. The minimum absolute atomic E-state index is 0.321. The van der Waals surface area contributed by atoms with Crippen molar-refractivity contribution >= 4 is 11.8 Å². The zero-order valence-electron chi connectivity index (χ0n) is 8.27. The van der Waals surface area contributed by atoms with Crippen molar-refractivity contribution in [1.82, 2.24) is 5.06 Å². The molecule has 5 heteroatoms. The summed E-state index contributed by atoms with van der Waals surface area (Å²) in [6.45, 7) is 1.84. The number of hydrogen-bond acceptors (Lipinski definition) is 5. The SMILES string of the molecule is CC(=O)ON1CCC2=CC(=O)C(O)C=C21. The van der Waals surface area contributed by atoms with Crippen LogP contribution in [0.3, 0.4) is 0 Å². The average Bonchev–Trinajstić information content (AvgIpc) is 2.49. The van der Waals surface area contributed by atoms with E-state index in [1.165, 1.54) is 24.1 Å². The molecule has 1 unspecified atom stereocenters. The number of hydrogen-bond donors (Lipinski definition) is 1. The van der Waals surface area contributed by atoms with Crippen LogP contribution >= 0.6 is 0 Å². The third kappa shape index (κ3) is 1.78. The van der Waals surface area contributed by atoms with Crippen molar-refractivity contribution in [1.29, 1.82) is 0 Å². The summed E-state index contributed by atoms with van der Waals surface area (Å²) in [6.07, 6.45) is 2.34. The highest BCUT2D eigenvalue weighted by atomic mass is 16.7. The number of fused-ring (bicyclic) bond motifs is 1. The molecule has 5 nitrogen and oxygen atoms in total. The Hall–Kier alpha value is -1.62.